The number of hydrogen-bond donors (Lipinski definition) is 6. The summed E-state index contributed by atoms with van der Waals surface area (Å²) in [6.07, 6.45) is 3.96. The monoisotopic (exact) mass is 503 g/mol. The highest BCUT2D eigenvalue weighted by Gasteiger charge is 2.39. The van der Waals surface area contributed by atoms with E-state index in [-0.39, 0.29) is 25.8 Å². The van der Waals surface area contributed by atoms with E-state index in [1.54, 1.807) is 0 Å². The van der Waals surface area contributed by atoms with Gasteiger partial charge in [-0.15, -0.1) is 0 Å². The van der Waals surface area contributed by atoms with Gasteiger partial charge in [-0.3, -0.25) is 19.2 Å². The van der Waals surface area contributed by atoms with Crippen LogP contribution in [0.4, 0.5) is 0 Å². The first-order chi connectivity index (χ1) is 16.1. The lowest BCUT2D eigenvalue weighted by molar-refractivity contribution is -0.145. The largest absolute Gasteiger partial charge is 0.481 e. The molecule has 1 aliphatic heterocycles. The molecule has 4 atom stereocenters. The molecule has 0 aliphatic carbocycles. The Balaban J connectivity index is 2.91. The Morgan fingerprint density at radius 3 is 2.35 bits per heavy atom. The molecule has 0 saturated carbocycles. The zero-order valence-corrected chi connectivity index (χ0v) is 20.3. The summed E-state index contributed by atoms with van der Waals surface area (Å²) in [5, 5.41) is 23.5. The molecule has 12 nitrogen and oxygen atoms in total. The molecule has 1 heterocycles. The van der Waals surface area contributed by atoms with Crippen molar-refractivity contribution in [2.75, 3.05) is 25.1 Å². The van der Waals surface area contributed by atoms with Crippen molar-refractivity contribution in [1.29, 1.82) is 0 Å². The summed E-state index contributed by atoms with van der Waals surface area (Å²) in [5.74, 6) is -3.40. The molecule has 1 saturated heterocycles. The summed E-state index contributed by atoms with van der Waals surface area (Å²) in [6.45, 7) is 0.648. The average molecular weight is 504 g/mol. The van der Waals surface area contributed by atoms with Crippen molar-refractivity contribution >= 4 is 41.4 Å². The van der Waals surface area contributed by atoms with Crippen LogP contribution in [-0.2, 0) is 24.0 Å². The number of unbranched alkanes of at least 4 members (excludes halogenated alkanes) is 1. The lowest BCUT2D eigenvalue weighted by atomic mass is 10.1. The second-order valence-electron chi connectivity index (χ2n) is 8.26. The highest BCUT2D eigenvalue weighted by Crippen LogP contribution is 2.20. The lowest BCUT2D eigenvalue weighted by Crippen LogP contribution is -2.56. The van der Waals surface area contributed by atoms with Crippen molar-refractivity contribution in [3.05, 3.63) is 0 Å². The van der Waals surface area contributed by atoms with Crippen molar-refractivity contribution < 1.29 is 34.2 Å². The van der Waals surface area contributed by atoms with Gasteiger partial charge in [-0.1, -0.05) is 0 Å². The molecule has 0 spiro atoms. The number of thioether (sulfide) groups is 1. The van der Waals surface area contributed by atoms with E-state index < -0.39 is 53.8 Å². The fourth-order valence-electron chi connectivity index (χ4n) is 3.70. The number of carbonyl (C=O) groups excluding carboxylic acids is 3. The smallest absolute Gasteiger partial charge is 0.326 e. The number of nitrogens with two attached hydrogens (primary N) is 2. The van der Waals surface area contributed by atoms with Crippen LogP contribution in [0.2, 0.25) is 0 Å². The van der Waals surface area contributed by atoms with E-state index in [4.69, 9.17) is 16.6 Å². The van der Waals surface area contributed by atoms with Gasteiger partial charge in [0.1, 0.15) is 18.1 Å². The Morgan fingerprint density at radius 1 is 1.06 bits per heavy atom. The predicted molar refractivity (Wildman–Crippen MR) is 127 cm³/mol. The second-order valence-corrected chi connectivity index (χ2v) is 9.24. The van der Waals surface area contributed by atoms with Crippen LogP contribution in [0.1, 0.15) is 51.4 Å². The summed E-state index contributed by atoms with van der Waals surface area (Å²) in [6, 6.07) is -4.01. The zero-order valence-electron chi connectivity index (χ0n) is 19.5. The Labute approximate surface area is 203 Å². The van der Waals surface area contributed by atoms with E-state index in [9.17, 15) is 29.1 Å². The van der Waals surface area contributed by atoms with Gasteiger partial charge >= 0.3 is 11.9 Å². The van der Waals surface area contributed by atoms with Crippen LogP contribution in [0, 0.1) is 0 Å². The summed E-state index contributed by atoms with van der Waals surface area (Å²) < 4.78 is 0. The number of amides is 3. The first-order valence-corrected chi connectivity index (χ1v) is 12.8. The molecule has 194 valence electrons. The van der Waals surface area contributed by atoms with Crippen molar-refractivity contribution in [2.45, 2.75) is 75.5 Å². The van der Waals surface area contributed by atoms with Gasteiger partial charge in [-0.05, 0) is 63.5 Å². The van der Waals surface area contributed by atoms with Gasteiger partial charge in [0, 0.05) is 13.0 Å². The van der Waals surface area contributed by atoms with Crippen molar-refractivity contribution in [2.24, 2.45) is 11.5 Å². The van der Waals surface area contributed by atoms with Crippen LogP contribution >= 0.6 is 11.8 Å². The maximum absolute atomic E-state index is 13.2. The van der Waals surface area contributed by atoms with Gasteiger partial charge in [0.05, 0.1) is 6.04 Å². The molecule has 34 heavy (non-hydrogen) atoms. The Bertz CT molecular complexity index is 724. The molecule has 13 heteroatoms. The summed E-state index contributed by atoms with van der Waals surface area (Å²) in [4.78, 5) is 62.5. The van der Waals surface area contributed by atoms with E-state index in [1.807, 2.05) is 6.26 Å². The number of nitrogens with zero attached hydrogens (tertiary/aromatic N) is 1. The molecular formula is C21H37N5O7S. The molecule has 8 N–H and O–H groups in total. The number of aliphatic carboxylic acids is 2. The number of likely N-dealkylation sites (tertiary alicyclic amines) is 1. The van der Waals surface area contributed by atoms with Crippen molar-refractivity contribution in [1.82, 2.24) is 15.5 Å². The average Bonchev–Trinajstić information content (AvgIpc) is 3.28. The summed E-state index contributed by atoms with van der Waals surface area (Å²) >= 11 is 1.52. The number of rotatable bonds is 16. The van der Waals surface area contributed by atoms with Gasteiger partial charge in [0.25, 0.3) is 0 Å². The second kappa shape index (κ2) is 15.5. The fraction of sp³-hybridized carbons (Fsp3) is 0.762. The van der Waals surface area contributed by atoms with Crippen LogP contribution < -0.4 is 22.1 Å². The topological polar surface area (TPSA) is 205 Å². The predicted octanol–water partition coefficient (Wildman–Crippen LogP) is -0.894. The number of hydrogen-bond acceptors (Lipinski definition) is 8. The third kappa shape index (κ3) is 9.85. The molecule has 0 radical (unpaired) electrons. The summed E-state index contributed by atoms with van der Waals surface area (Å²) in [5.41, 5.74) is 11.3. The Hall–Kier alpha value is -2.38. The molecule has 4 unspecified atom stereocenters. The van der Waals surface area contributed by atoms with Gasteiger partial charge < -0.3 is 37.2 Å². The number of carboxylic acids is 2. The van der Waals surface area contributed by atoms with E-state index in [2.05, 4.69) is 10.6 Å². The summed E-state index contributed by atoms with van der Waals surface area (Å²) in [7, 11) is 0. The third-order valence-electron chi connectivity index (χ3n) is 5.63. The minimum atomic E-state index is -1.17. The first kappa shape index (κ1) is 29.7. The standard InChI is InChI=1S/C21H37N5O7S/c1-34-12-9-13(23)18(29)24-14(7-8-17(27)28)20(31)26-11-4-6-16(26)19(30)25-15(21(32)33)5-2-3-10-22/h13-16H,2-12,22-23H2,1H3,(H,24,29)(H,25,30)(H,27,28)(H,32,33). The highest BCUT2D eigenvalue weighted by molar-refractivity contribution is 7.98. The van der Waals surface area contributed by atoms with Crippen LogP contribution in [-0.4, -0.2) is 94.0 Å². The van der Waals surface area contributed by atoms with E-state index in [0.29, 0.717) is 44.4 Å². The number of nitrogens with one attached hydrogen (secondary N) is 2. The maximum Gasteiger partial charge on any atom is 0.326 e. The Morgan fingerprint density at radius 2 is 1.76 bits per heavy atom. The van der Waals surface area contributed by atoms with E-state index >= 15 is 0 Å². The molecule has 1 rings (SSSR count). The maximum atomic E-state index is 13.2. The van der Waals surface area contributed by atoms with Crippen LogP contribution in [0.15, 0.2) is 0 Å². The van der Waals surface area contributed by atoms with Crippen LogP contribution in [0.3, 0.4) is 0 Å². The number of carbonyl (C=O) groups is 5. The zero-order chi connectivity index (χ0) is 25.7. The van der Waals surface area contributed by atoms with Gasteiger partial charge in [-0.2, -0.15) is 11.8 Å². The normalized spacial score (nSPS) is 18.1. The van der Waals surface area contributed by atoms with Gasteiger partial charge in [-0.25, -0.2) is 4.79 Å². The molecular weight excluding hydrogens is 466 g/mol. The molecule has 1 fully saturated rings. The molecule has 0 aromatic heterocycles. The Kier molecular flexibility index (Phi) is 13.5. The lowest BCUT2D eigenvalue weighted by Gasteiger charge is -2.30. The minimum absolute atomic E-state index is 0.156. The third-order valence-corrected chi connectivity index (χ3v) is 6.28. The molecule has 3 amide bonds. The van der Waals surface area contributed by atoms with Crippen LogP contribution in [0.25, 0.3) is 0 Å². The SMILES string of the molecule is CSCCC(N)C(=O)NC(CCC(=O)O)C(=O)N1CCCC1C(=O)NC(CCCCN)C(=O)O. The van der Waals surface area contributed by atoms with E-state index in [1.165, 1.54) is 16.7 Å². The molecule has 0 aromatic rings. The fourth-order valence-corrected chi connectivity index (χ4v) is 4.19. The molecule has 1 aliphatic rings. The van der Waals surface area contributed by atoms with E-state index in [0.717, 1.165) is 0 Å². The molecule has 0 bridgehead atoms. The first-order valence-electron chi connectivity index (χ1n) is 11.4. The number of carboxylic acid groups (broad SMARTS) is 2. The molecule has 0 aromatic carbocycles. The van der Waals surface area contributed by atoms with Gasteiger partial charge in [0.2, 0.25) is 17.7 Å². The minimum Gasteiger partial charge on any atom is -0.481 e. The quantitative estimate of drug-likeness (QED) is 0.143. The van der Waals surface area contributed by atoms with Gasteiger partial charge in [0.15, 0.2) is 0 Å². The highest BCUT2D eigenvalue weighted by atomic mass is 32.2. The van der Waals surface area contributed by atoms with Crippen molar-refractivity contribution in [3.63, 3.8) is 0 Å². The van der Waals surface area contributed by atoms with Crippen LogP contribution in [0.5, 0.6) is 0 Å². The van der Waals surface area contributed by atoms with Crippen molar-refractivity contribution in [3.8, 4) is 0 Å².